The summed E-state index contributed by atoms with van der Waals surface area (Å²) in [6.45, 7) is 9.50. The summed E-state index contributed by atoms with van der Waals surface area (Å²) in [5.41, 5.74) is 3.59. The molecule has 0 spiro atoms. The van der Waals surface area contributed by atoms with Gasteiger partial charge in [0.1, 0.15) is 5.82 Å². The van der Waals surface area contributed by atoms with Crippen molar-refractivity contribution in [2.45, 2.75) is 72.3 Å². The van der Waals surface area contributed by atoms with E-state index >= 15 is 0 Å². The quantitative estimate of drug-likeness (QED) is 0.589. The van der Waals surface area contributed by atoms with E-state index < -0.39 is 6.29 Å². The lowest BCUT2D eigenvalue weighted by Crippen LogP contribution is -2.67. The standard InChI is InChI=1S/C26H38FN5O3/c1-16(2)11-12-30-24(34)20-10-9-18(23(33)28-14-17(3)4)13-22(20)32-25(30)29-31(26(32)35)15-19-7-5-6-8-21(19)27/h5-8,16-18,20,22,25,29H,9-15H2,1-4H3,(H,28,33). The highest BCUT2D eigenvalue weighted by molar-refractivity contribution is 5.86. The van der Waals surface area contributed by atoms with Gasteiger partial charge in [-0.25, -0.2) is 9.18 Å². The Bertz CT molecular complexity index is 955. The normalized spacial score (nSPS) is 26.4. The Kier molecular flexibility index (Phi) is 7.64. The first-order valence-corrected chi connectivity index (χ1v) is 12.8. The van der Waals surface area contributed by atoms with Crippen LogP contribution in [0.15, 0.2) is 24.3 Å². The molecule has 35 heavy (non-hydrogen) atoms. The molecule has 2 N–H and O–H groups in total. The van der Waals surface area contributed by atoms with Gasteiger partial charge in [-0.2, -0.15) is 5.43 Å². The van der Waals surface area contributed by atoms with E-state index in [0.717, 1.165) is 6.42 Å². The zero-order chi connectivity index (χ0) is 25.3. The molecule has 2 heterocycles. The summed E-state index contributed by atoms with van der Waals surface area (Å²) in [6, 6.07) is 5.74. The number of carbonyl (C=O) groups is 3. The highest BCUT2D eigenvalue weighted by Crippen LogP contribution is 2.40. The van der Waals surface area contributed by atoms with Crippen LogP contribution in [0.3, 0.4) is 0 Å². The Morgan fingerprint density at radius 3 is 2.57 bits per heavy atom. The summed E-state index contributed by atoms with van der Waals surface area (Å²) in [5, 5.41) is 4.42. The molecular weight excluding hydrogens is 449 g/mol. The summed E-state index contributed by atoms with van der Waals surface area (Å²) >= 11 is 0. The van der Waals surface area contributed by atoms with Crippen molar-refractivity contribution < 1.29 is 18.8 Å². The highest BCUT2D eigenvalue weighted by Gasteiger charge is 2.55. The molecule has 3 aliphatic rings. The summed E-state index contributed by atoms with van der Waals surface area (Å²) in [6.07, 6.45) is 1.85. The van der Waals surface area contributed by atoms with Gasteiger partial charge in [-0.05, 0) is 43.6 Å². The second-order valence-electron chi connectivity index (χ2n) is 10.9. The smallest absolute Gasteiger partial charge is 0.337 e. The van der Waals surface area contributed by atoms with Crippen LogP contribution in [0.25, 0.3) is 0 Å². The largest absolute Gasteiger partial charge is 0.356 e. The van der Waals surface area contributed by atoms with Crippen molar-refractivity contribution in [3.8, 4) is 0 Å². The minimum Gasteiger partial charge on any atom is -0.356 e. The van der Waals surface area contributed by atoms with Gasteiger partial charge in [-0.15, -0.1) is 0 Å². The third kappa shape index (κ3) is 5.29. The Hall–Kier alpha value is -2.68. The molecule has 1 saturated carbocycles. The minimum absolute atomic E-state index is 0.00814. The average molecular weight is 488 g/mol. The second kappa shape index (κ2) is 10.5. The zero-order valence-electron chi connectivity index (χ0n) is 21.2. The molecule has 8 nitrogen and oxygen atoms in total. The van der Waals surface area contributed by atoms with Crippen LogP contribution in [-0.2, 0) is 16.1 Å². The van der Waals surface area contributed by atoms with Gasteiger partial charge >= 0.3 is 6.03 Å². The van der Waals surface area contributed by atoms with Crippen LogP contribution in [0.1, 0.15) is 58.9 Å². The molecule has 0 radical (unpaired) electrons. The summed E-state index contributed by atoms with van der Waals surface area (Å²) in [4.78, 5) is 43.6. The van der Waals surface area contributed by atoms with Gasteiger partial charge in [0, 0.05) is 30.6 Å². The van der Waals surface area contributed by atoms with Crippen molar-refractivity contribution in [3.05, 3.63) is 35.6 Å². The first-order chi connectivity index (χ1) is 16.7. The molecule has 0 bridgehead atoms. The fraction of sp³-hybridized carbons (Fsp3) is 0.654. The van der Waals surface area contributed by atoms with Gasteiger partial charge in [0.05, 0.1) is 12.5 Å². The zero-order valence-corrected chi connectivity index (χ0v) is 21.2. The number of fused-ring (bicyclic) bond motifs is 3. The fourth-order valence-electron chi connectivity index (χ4n) is 5.35. The maximum Gasteiger partial charge on any atom is 0.337 e. The average Bonchev–Trinajstić information content (AvgIpc) is 3.14. The lowest BCUT2D eigenvalue weighted by atomic mass is 9.75. The van der Waals surface area contributed by atoms with Crippen LogP contribution < -0.4 is 10.7 Å². The number of halogens is 1. The molecule has 4 atom stereocenters. The number of nitrogens with zero attached hydrogens (tertiary/aromatic N) is 3. The summed E-state index contributed by atoms with van der Waals surface area (Å²) < 4.78 is 14.3. The van der Waals surface area contributed by atoms with Crippen molar-refractivity contribution >= 4 is 17.8 Å². The van der Waals surface area contributed by atoms with E-state index in [1.807, 2.05) is 13.8 Å². The molecule has 0 aromatic heterocycles. The third-order valence-electron chi connectivity index (χ3n) is 7.34. The van der Waals surface area contributed by atoms with Gasteiger partial charge in [0.2, 0.25) is 11.8 Å². The Morgan fingerprint density at radius 2 is 1.89 bits per heavy atom. The Labute approximate surface area is 207 Å². The number of hydrogen-bond donors (Lipinski definition) is 2. The number of hydrazine groups is 1. The molecule has 2 saturated heterocycles. The maximum absolute atomic E-state index is 14.3. The lowest BCUT2D eigenvalue weighted by molar-refractivity contribution is -0.159. The number of amides is 4. The van der Waals surface area contributed by atoms with Crippen molar-refractivity contribution in [2.75, 3.05) is 13.1 Å². The molecular formula is C26H38FN5O3. The first-order valence-electron chi connectivity index (χ1n) is 12.8. The van der Waals surface area contributed by atoms with Crippen molar-refractivity contribution in [3.63, 3.8) is 0 Å². The number of nitrogens with one attached hydrogen (secondary N) is 2. The Balaban J connectivity index is 1.58. The van der Waals surface area contributed by atoms with Crippen LogP contribution in [0, 0.1) is 29.5 Å². The first kappa shape index (κ1) is 25.4. The van der Waals surface area contributed by atoms with E-state index in [0.29, 0.717) is 49.8 Å². The predicted molar refractivity (Wildman–Crippen MR) is 130 cm³/mol. The minimum atomic E-state index is -0.626. The van der Waals surface area contributed by atoms with Gasteiger partial charge in [0.25, 0.3) is 0 Å². The number of hydrogen-bond acceptors (Lipinski definition) is 4. The number of carbonyl (C=O) groups excluding carboxylic acids is 3. The topological polar surface area (TPSA) is 85.0 Å². The molecule has 4 unspecified atom stereocenters. The molecule has 1 aliphatic carbocycles. The predicted octanol–water partition coefficient (Wildman–Crippen LogP) is 3.30. The van der Waals surface area contributed by atoms with E-state index in [9.17, 15) is 18.8 Å². The summed E-state index contributed by atoms with van der Waals surface area (Å²) in [5.74, 6) is -0.164. The molecule has 4 amide bonds. The van der Waals surface area contributed by atoms with Crippen LogP contribution >= 0.6 is 0 Å². The molecule has 3 fully saturated rings. The summed E-state index contributed by atoms with van der Waals surface area (Å²) in [7, 11) is 0. The number of benzene rings is 1. The highest BCUT2D eigenvalue weighted by atomic mass is 19.1. The second-order valence-corrected chi connectivity index (χ2v) is 10.9. The molecule has 1 aromatic rings. The SMILES string of the molecule is CC(C)CCN1C(=O)C2CCC(C(=O)NCC(C)C)CC2N2C(=O)N(Cc3ccccc3F)NC12. The van der Waals surface area contributed by atoms with Crippen molar-refractivity contribution in [1.29, 1.82) is 0 Å². The van der Waals surface area contributed by atoms with E-state index in [1.165, 1.54) is 11.1 Å². The van der Waals surface area contributed by atoms with Crippen LogP contribution in [0.5, 0.6) is 0 Å². The van der Waals surface area contributed by atoms with Crippen LogP contribution in [0.4, 0.5) is 9.18 Å². The fourth-order valence-corrected chi connectivity index (χ4v) is 5.35. The van der Waals surface area contributed by atoms with Crippen LogP contribution in [-0.4, -0.2) is 58.1 Å². The molecule has 4 rings (SSSR count). The molecule has 2 aliphatic heterocycles. The van der Waals surface area contributed by atoms with Gasteiger partial charge in [-0.3, -0.25) is 19.5 Å². The van der Waals surface area contributed by atoms with Gasteiger partial charge < -0.3 is 10.2 Å². The number of urea groups is 1. The monoisotopic (exact) mass is 487 g/mol. The van der Waals surface area contributed by atoms with Crippen LogP contribution in [0.2, 0.25) is 0 Å². The van der Waals surface area contributed by atoms with E-state index in [-0.39, 0.29) is 48.1 Å². The maximum atomic E-state index is 14.3. The third-order valence-corrected chi connectivity index (χ3v) is 7.34. The lowest BCUT2D eigenvalue weighted by Gasteiger charge is -2.50. The molecule has 1 aromatic carbocycles. The van der Waals surface area contributed by atoms with E-state index in [1.54, 1.807) is 28.0 Å². The van der Waals surface area contributed by atoms with Crippen molar-refractivity contribution in [2.24, 2.45) is 23.7 Å². The molecule has 9 heteroatoms. The van der Waals surface area contributed by atoms with Gasteiger partial charge in [-0.1, -0.05) is 45.9 Å². The van der Waals surface area contributed by atoms with Crippen molar-refractivity contribution in [1.82, 2.24) is 25.6 Å². The van der Waals surface area contributed by atoms with E-state index in [2.05, 4.69) is 24.6 Å². The van der Waals surface area contributed by atoms with Gasteiger partial charge in [0.15, 0.2) is 6.29 Å². The number of rotatable bonds is 8. The molecule has 192 valence electrons. The van der Waals surface area contributed by atoms with E-state index in [4.69, 9.17) is 0 Å². The Morgan fingerprint density at radius 1 is 1.14 bits per heavy atom.